The fraction of sp³-hybridized carbons (Fsp3) is 0.400. The van der Waals surface area contributed by atoms with Gasteiger partial charge in [-0.1, -0.05) is 17.4 Å². The van der Waals surface area contributed by atoms with E-state index >= 15 is 0 Å². The fourth-order valence-electron chi connectivity index (χ4n) is 3.01. The average molecular weight is 353 g/mol. The number of halogens is 3. The lowest BCUT2D eigenvalue weighted by Crippen LogP contribution is -2.33. The minimum Gasteiger partial charge on any atom is -0.348 e. The number of hydrogen-bond acceptors (Lipinski definition) is 5. The number of rotatable bonds is 2. The number of anilines is 1. The number of aromatic nitrogens is 4. The van der Waals surface area contributed by atoms with Crippen molar-refractivity contribution in [2.75, 3.05) is 18.0 Å². The van der Waals surface area contributed by atoms with Gasteiger partial charge in [0, 0.05) is 25.2 Å². The smallest absolute Gasteiger partial charge is 0.348 e. The zero-order chi connectivity index (χ0) is 16.7. The van der Waals surface area contributed by atoms with Crippen LogP contribution < -0.4 is 4.90 Å². The highest BCUT2D eigenvalue weighted by Gasteiger charge is 2.34. The molecule has 4 rings (SSSR count). The highest BCUT2D eigenvalue weighted by Crippen LogP contribution is 2.38. The van der Waals surface area contributed by atoms with Gasteiger partial charge in [-0.05, 0) is 25.0 Å². The van der Waals surface area contributed by atoms with Crippen LogP contribution in [0.5, 0.6) is 0 Å². The van der Waals surface area contributed by atoms with Crippen LogP contribution in [-0.4, -0.2) is 32.7 Å². The first-order chi connectivity index (χ1) is 11.5. The molecular formula is C15H14F3N5S. The zero-order valence-corrected chi connectivity index (χ0v) is 13.4. The van der Waals surface area contributed by atoms with Gasteiger partial charge in [0.05, 0.1) is 6.20 Å². The number of fused-ring (bicyclic) bond motifs is 1. The molecule has 0 atom stereocenters. The minimum atomic E-state index is -4.32. The second kappa shape index (κ2) is 5.73. The molecule has 1 fully saturated rings. The van der Waals surface area contributed by atoms with Crippen LogP contribution in [0, 0.1) is 0 Å². The molecule has 5 nitrogen and oxygen atoms in total. The fourth-order valence-corrected chi connectivity index (χ4v) is 3.84. The van der Waals surface area contributed by atoms with Gasteiger partial charge in [-0.25, -0.2) is 4.98 Å². The Morgan fingerprint density at radius 3 is 2.62 bits per heavy atom. The molecule has 9 heteroatoms. The molecule has 0 N–H and O–H groups in total. The van der Waals surface area contributed by atoms with Crippen molar-refractivity contribution in [1.29, 1.82) is 0 Å². The van der Waals surface area contributed by atoms with Crippen molar-refractivity contribution in [3.05, 3.63) is 41.3 Å². The van der Waals surface area contributed by atoms with E-state index in [1.807, 2.05) is 33.7 Å². The third kappa shape index (κ3) is 2.72. The number of pyridine rings is 1. The summed E-state index contributed by atoms with van der Waals surface area (Å²) in [5, 5.41) is 8.89. The third-order valence-electron chi connectivity index (χ3n) is 4.24. The van der Waals surface area contributed by atoms with Crippen LogP contribution in [0.15, 0.2) is 30.6 Å². The summed E-state index contributed by atoms with van der Waals surface area (Å²) in [5.41, 5.74) is 0.810. The summed E-state index contributed by atoms with van der Waals surface area (Å²) in [6.07, 6.45) is 0.160. The Hall–Kier alpha value is -2.16. The lowest BCUT2D eigenvalue weighted by molar-refractivity contribution is -0.134. The Morgan fingerprint density at radius 2 is 1.92 bits per heavy atom. The second-order valence-corrected chi connectivity index (χ2v) is 6.76. The van der Waals surface area contributed by atoms with Gasteiger partial charge in [-0.2, -0.15) is 13.2 Å². The van der Waals surface area contributed by atoms with Gasteiger partial charge in [0.1, 0.15) is 10.7 Å². The molecule has 1 saturated heterocycles. The Labute approximate surface area is 139 Å². The van der Waals surface area contributed by atoms with Gasteiger partial charge in [-0.3, -0.25) is 4.40 Å². The van der Waals surface area contributed by atoms with Gasteiger partial charge in [0.15, 0.2) is 10.8 Å². The molecule has 0 aliphatic carbocycles. The Balaban J connectivity index is 1.48. The maximum absolute atomic E-state index is 12.7. The first-order valence-electron chi connectivity index (χ1n) is 7.60. The van der Waals surface area contributed by atoms with Crippen molar-refractivity contribution in [2.45, 2.75) is 24.9 Å². The highest BCUT2D eigenvalue weighted by molar-refractivity contribution is 7.15. The van der Waals surface area contributed by atoms with E-state index in [9.17, 15) is 13.2 Å². The van der Waals surface area contributed by atoms with Gasteiger partial charge < -0.3 is 4.90 Å². The molecule has 24 heavy (non-hydrogen) atoms. The predicted molar refractivity (Wildman–Crippen MR) is 84.3 cm³/mol. The van der Waals surface area contributed by atoms with E-state index in [2.05, 4.69) is 15.2 Å². The van der Waals surface area contributed by atoms with Crippen LogP contribution in [0.3, 0.4) is 0 Å². The number of hydrogen-bond donors (Lipinski definition) is 0. The number of nitrogens with zero attached hydrogens (tertiary/aromatic N) is 5. The van der Waals surface area contributed by atoms with Gasteiger partial charge in [0.25, 0.3) is 0 Å². The normalized spacial score (nSPS) is 16.9. The minimum absolute atomic E-state index is 0.251. The summed E-state index contributed by atoms with van der Waals surface area (Å²) in [5.74, 6) is 1.17. The van der Waals surface area contributed by atoms with E-state index < -0.39 is 11.1 Å². The Morgan fingerprint density at radius 1 is 1.12 bits per heavy atom. The van der Waals surface area contributed by atoms with Crippen LogP contribution in [0.2, 0.25) is 0 Å². The van der Waals surface area contributed by atoms with Crippen molar-refractivity contribution in [3.8, 4) is 0 Å². The maximum atomic E-state index is 12.7. The topological polar surface area (TPSA) is 46.3 Å². The van der Waals surface area contributed by atoms with E-state index in [1.54, 1.807) is 0 Å². The highest BCUT2D eigenvalue weighted by atomic mass is 32.1. The lowest BCUT2D eigenvalue weighted by atomic mass is 9.96. The van der Waals surface area contributed by atoms with E-state index in [4.69, 9.17) is 0 Å². The number of piperidine rings is 1. The molecule has 3 aromatic rings. The van der Waals surface area contributed by atoms with Crippen LogP contribution in [0.1, 0.15) is 29.5 Å². The Bertz CT molecular complexity index is 848. The zero-order valence-electron chi connectivity index (χ0n) is 12.6. The summed E-state index contributed by atoms with van der Waals surface area (Å²) in [6.45, 7) is 1.33. The Kier molecular flexibility index (Phi) is 3.67. The van der Waals surface area contributed by atoms with Crippen molar-refractivity contribution in [3.63, 3.8) is 0 Å². The molecule has 4 heterocycles. The SMILES string of the molecule is FC(F)(F)c1cnc(N2CCC(c3nnc4ccccn34)CC2)s1. The lowest BCUT2D eigenvalue weighted by Gasteiger charge is -2.30. The van der Waals surface area contributed by atoms with Gasteiger partial charge in [-0.15, -0.1) is 10.2 Å². The molecule has 3 aromatic heterocycles. The molecule has 0 saturated carbocycles. The summed E-state index contributed by atoms with van der Waals surface area (Å²) < 4.78 is 40.1. The molecule has 0 bridgehead atoms. The molecule has 0 amide bonds. The van der Waals surface area contributed by atoms with E-state index in [0.29, 0.717) is 29.6 Å². The monoisotopic (exact) mass is 353 g/mol. The van der Waals surface area contributed by atoms with E-state index in [0.717, 1.165) is 30.5 Å². The third-order valence-corrected chi connectivity index (χ3v) is 5.35. The van der Waals surface area contributed by atoms with Crippen molar-refractivity contribution in [2.24, 2.45) is 0 Å². The average Bonchev–Trinajstić information content (AvgIpc) is 3.22. The molecular weight excluding hydrogens is 339 g/mol. The largest absolute Gasteiger partial charge is 0.427 e. The van der Waals surface area contributed by atoms with Crippen LogP contribution in [0.4, 0.5) is 18.3 Å². The van der Waals surface area contributed by atoms with Crippen molar-refractivity contribution in [1.82, 2.24) is 19.6 Å². The summed E-state index contributed by atoms with van der Waals surface area (Å²) in [7, 11) is 0. The summed E-state index contributed by atoms with van der Waals surface area (Å²) in [4.78, 5) is 5.20. The predicted octanol–water partition coefficient (Wildman–Crippen LogP) is 3.59. The van der Waals surface area contributed by atoms with Crippen LogP contribution in [0.25, 0.3) is 5.65 Å². The van der Waals surface area contributed by atoms with Crippen molar-refractivity contribution >= 4 is 22.1 Å². The first-order valence-corrected chi connectivity index (χ1v) is 8.41. The van der Waals surface area contributed by atoms with E-state index in [1.165, 1.54) is 0 Å². The molecule has 0 radical (unpaired) electrons. The summed E-state index contributed by atoms with van der Waals surface area (Å²) in [6, 6.07) is 5.75. The molecule has 1 aliphatic heterocycles. The second-order valence-electron chi connectivity index (χ2n) is 5.75. The van der Waals surface area contributed by atoms with Crippen LogP contribution in [-0.2, 0) is 6.18 Å². The molecule has 0 spiro atoms. The summed E-state index contributed by atoms with van der Waals surface area (Å²) >= 11 is 0.704. The standard InChI is InChI=1S/C15H14F3N5S/c16-15(17,18)11-9-19-14(24-11)22-7-4-10(5-8-22)13-21-20-12-3-1-2-6-23(12)13/h1-3,6,9-10H,4-5,7-8H2. The molecule has 1 aliphatic rings. The van der Waals surface area contributed by atoms with E-state index in [-0.39, 0.29) is 5.92 Å². The van der Waals surface area contributed by atoms with Gasteiger partial charge >= 0.3 is 6.18 Å². The first kappa shape index (κ1) is 15.4. The molecule has 0 aromatic carbocycles. The number of alkyl halides is 3. The van der Waals surface area contributed by atoms with Crippen LogP contribution >= 0.6 is 11.3 Å². The maximum Gasteiger partial charge on any atom is 0.427 e. The molecule has 0 unspecified atom stereocenters. The van der Waals surface area contributed by atoms with Crippen molar-refractivity contribution < 1.29 is 13.2 Å². The van der Waals surface area contributed by atoms with Gasteiger partial charge in [0.2, 0.25) is 0 Å². The number of thiazole rings is 1. The quantitative estimate of drug-likeness (QED) is 0.706. The molecule has 126 valence electrons.